The molecule has 0 aliphatic carbocycles. The fraction of sp³-hybridized carbons (Fsp3) is 0.588. The van der Waals surface area contributed by atoms with Crippen LogP contribution < -0.4 is 5.73 Å². The van der Waals surface area contributed by atoms with Crippen molar-refractivity contribution in [1.29, 1.82) is 0 Å². The third kappa shape index (κ3) is 4.29. The molecule has 0 saturated carbocycles. The molecular weight excluding hydrogens is 262 g/mol. The van der Waals surface area contributed by atoms with Crippen LogP contribution in [0.25, 0.3) is 11.0 Å². The molecule has 1 unspecified atom stereocenters. The van der Waals surface area contributed by atoms with Gasteiger partial charge in [-0.25, -0.2) is 4.98 Å². The summed E-state index contributed by atoms with van der Waals surface area (Å²) in [6.07, 6.45) is 8.24. The first kappa shape index (κ1) is 16.0. The monoisotopic (exact) mass is 289 g/mol. The predicted octanol–water partition coefficient (Wildman–Crippen LogP) is 3.13. The average molecular weight is 289 g/mol. The molecule has 21 heavy (non-hydrogen) atoms. The summed E-state index contributed by atoms with van der Waals surface area (Å²) in [5.41, 5.74) is 8.44. The second kappa shape index (κ2) is 8.15. The number of fused-ring (bicyclic) bond motifs is 1. The summed E-state index contributed by atoms with van der Waals surface area (Å²) in [6, 6.07) is 4.34. The Morgan fingerprint density at radius 2 is 2.19 bits per heavy atom. The second-order valence-electron chi connectivity index (χ2n) is 5.56. The van der Waals surface area contributed by atoms with E-state index in [1.807, 2.05) is 12.3 Å². The second-order valence-corrected chi connectivity index (χ2v) is 5.56. The minimum Gasteiger partial charge on any atom is -0.380 e. The molecule has 0 aliphatic rings. The van der Waals surface area contributed by atoms with Crippen molar-refractivity contribution in [2.75, 3.05) is 13.2 Å². The van der Waals surface area contributed by atoms with Gasteiger partial charge in [-0.3, -0.25) is 0 Å². The minimum atomic E-state index is 0.213. The Hall–Kier alpha value is -1.39. The van der Waals surface area contributed by atoms with Gasteiger partial charge in [-0.2, -0.15) is 0 Å². The number of pyridine rings is 1. The topological polar surface area (TPSA) is 53.1 Å². The first-order valence-corrected chi connectivity index (χ1v) is 8.02. The fourth-order valence-corrected chi connectivity index (χ4v) is 2.47. The number of aromatic nitrogens is 2. The molecular formula is C17H27N3O. The molecule has 0 saturated heterocycles. The van der Waals surface area contributed by atoms with E-state index in [1.54, 1.807) is 0 Å². The molecule has 0 aliphatic heterocycles. The third-order valence-electron chi connectivity index (χ3n) is 3.84. The Kier molecular flexibility index (Phi) is 6.21. The van der Waals surface area contributed by atoms with E-state index in [1.165, 1.54) is 17.4 Å². The van der Waals surface area contributed by atoms with Crippen molar-refractivity contribution < 1.29 is 4.74 Å². The van der Waals surface area contributed by atoms with Crippen molar-refractivity contribution in [1.82, 2.24) is 9.55 Å². The molecule has 116 valence electrons. The zero-order chi connectivity index (χ0) is 15.1. The molecule has 1 atom stereocenters. The van der Waals surface area contributed by atoms with Crippen LogP contribution in [-0.4, -0.2) is 28.8 Å². The predicted molar refractivity (Wildman–Crippen MR) is 87.4 cm³/mol. The Bertz CT molecular complexity index is 550. The first-order chi connectivity index (χ1) is 10.3. The molecule has 4 heteroatoms. The quantitative estimate of drug-likeness (QED) is 0.722. The summed E-state index contributed by atoms with van der Waals surface area (Å²) in [5, 5.41) is 1.22. The fourth-order valence-electron chi connectivity index (χ4n) is 2.47. The van der Waals surface area contributed by atoms with Gasteiger partial charge in [-0.1, -0.05) is 20.3 Å². The number of hydrogen-bond acceptors (Lipinski definition) is 3. The highest BCUT2D eigenvalue weighted by Gasteiger charge is 2.11. The molecule has 2 N–H and O–H groups in total. The summed E-state index contributed by atoms with van der Waals surface area (Å²) in [7, 11) is 0. The van der Waals surface area contributed by atoms with E-state index in [2.05, 4.69) is 35.7 Å². The lowest BCUT2D eigenvalue weighted by molar-refractivity contribution is 0.124. The highest BCUT2D eigenvalue weighted by atomic mass is 16.5. The summed E-state index contributed by atoms with van der Waals surface area (Å²) >= 11 is 0. The Morgan fingerprint density at radius 3 is 2.95 bits per heavy atom. The molecule has 0 radical (unpaired) electrons. The zero-order valence-corrected chi connectivity index (χ0v) is 13.2. The van der Waals surface area contributed by atoms with Gasteiger partial charge in [0.05, 0.1) is 6.61 Å². The van der Waals surface area contributed by atoms with Crippen LogP contribution in [0.5, 0.6) is 0 Å². The summed E-state index contributed by atoms with van der Waals surface area (Å²) in [5.74, 6) is 0. The van der Waals surface area contributed by atoms with Crippen LogP contribution in [0.3, 0.4) is 0 Å². The Labute approximate surface area is 127 Å². The van der Waals surface area contributed by atoms with E-state index in [4.69, 9.17) is 10.5 Å². The lowest BCUT2D eigenvalue weighted by Crippen LogP contribution is -2.21. The average Bonchev–Trinajstić information content (AvgIpc) is 2.85. The maximum Gasteiger partial charge on any atom is 0.140 e. The van der Waals surface area contributed by atoms with Gasteiger partial charge in [0.25, 0.3) is 0 Å². The molecule has 2 aromatic heterocycles. The van der Waals surface area contributed by atoms with Crippen LogP contribution in [0.2, 0.25) is 0 Å². The van der Waals surface area contributed by atoms with Crippen molar-refractivity contribution in [2.45, 2.75) is 52.1 Å². The largest absolute Gasteiger partial charge is 0.380 e. The molecule has 2 heterocycles. The maximum atomic E-state index is 6.11. The van der Waals surface area contributed by atoms with Gasteiger partial charge in [0.1, 0.15) is 5.65 Å². The maximum absolute atomic E-state index is 6.11. The number of hydrogen-bond donors (Lipinski definition) is 1. The Morgan fingerprint density at radius 1 is 1.33 bits per heavy atom. The summed E-state index contributed by atoms with van der Waals surface area (Å²) < 4.78 is 7.86. The zero-order valence-electron chi connectivity index (χ0n) is 13.2. The number of unbranched alkanes of at least 4 members (excludes halogenated alkanes) is 1. The molecule has 0 spiro atoms. The summed E-state index contributed by atoms with van der Waals surface area (Å²) in [6.45, 7) is 6.73. The standard InChI is InChI=1S/C17H27N3O/c1-3-5-10-21-11-9-20-13-14(12-15(18)4-2)16-7-6-8-19-17(16)20/h6-8,13,15H,3-5,9-12,18H2,1-2H3. The minimum absolute atomic E-state index is 0.213. The number of nitrogens with zero attached hydrogens (tertiary/aromatic N) is 2. The highest BCUT2D eigenvalue weighted by Crippen LogP contribution is 2.21. The van der Waals surface area contributed by atoms with Crippen LogP contribution in [0, 0.1) is 0 Å². The Balaban J connectivity index is 2.08. The van der Waals surface area contributed by atoms with Gasteiger partial charge in [-0.05, 0) is 37.0 Å². The number of nitrogens with two attached hydrogens (primary N) is 1. The van der Waals surface area contributed by atoms with Crippen molar-refractivity contribution >= 4 is 11.0 Å². The molecule has 0 amide bonds. The number of rotatable bonds is 9. The molecule has 0 aromatic carbocycles. The lowest BCUT2D eigenvalue weighted by Gasteiger charge is -2.07. The van der Waals surface area contributed by atoms with Gasteiger partial charge in [0, 0.05) is 37.0 Å². The third-order valence-corrected chi connectivity index (χ3v) is 3.84. The smallest absolute Gasteiger partial charge is 0.140 e. The van der Waals surface area contributed by atoms with Crippen LogP contribution >= 0.6 is 0 Å². The van der Waals surface area contributed by atoms with Crippen molar-refractivity contribution in [3.05, 3.63) is 30.1 Å². The van der Waals surface area contributed by atoms with Crippen LogP contribution in [0.4, 0.5) is 0 Å². The van der Waals surface area contributed by atoms with E-state index < -0.39 is 0 Å². The van der Waals surface area contributed by atoms with Crippen molar-refractivity contribution in [3.63, 3.8) is 0 Å². The van der Waals surface area contributed by atoms with E-state index in [9.17, 15) is 0 Å². The molecule has 4 nitrogen and oxygen atoms in total. The molecule has 0 fully saturated rings. The number of ether oxygens (including phenoxy) is 1. The van der Waals surface area contributed by atoms with E-state index in [0.29, 0.717) is 0 Å². The first-order valence-electron chi connectivity index (χ1n) is 8.02. The van der Waals surface area contributed by atoms with E-state index >= 15 is 0 Å². The van der Waals surface area contributed by atoms with Gasteiger partial charge < -0.3 is 15.0 Å². The van der Waals surface area contributed by atoms with Crippen LogP contribution in [0.15, 0.2) is 24.5 Å². The van der Waals surface area contributed by atoms with E-state index in [0.717, 1.165) is 44.7 Å². The molecule has 2 aromatic rings. The molecule has 0 bridgehead atoms. The van der Waals surface area contributed by atoms with Crippen LogP contribution in [0.1, 0.15) is 38.7 Å². The normalized spacial score (nSPS) is 12.9. The van der Waals surface area contributed by atoms with E-state index in [-0.39, 0.29) is 6.04 Å². The van der Waals surface area contributed by atoms with Gasteiger partial charge in [0.2, 0.25) is 0 Å². The summed E-state index contributed by atoms with van der Waals surface area (Å²) in [4.78, 5) is 4.52. The van der Waals surface area contributed by atoms with Gasteiger partial charge in [-0.15, -0.1) is 0 Å². The van der Waals surface area contributed by atoms with Crippen molar-refractivity contribution in [2.24, 2.45) is 5.73 Å². The lowest BCUT2D eigenvalue weighted by atomic mass is 10.1. The molecule has 2 rings (SSSR count). The highest BCUT2D eigenvalue weighted by molar-refractivity contribution is 5.80. The van der Waals surface area contributed by atoms with Gasteiger partial charge >= 0.3 is 0 Å². The SMILES string of the molecule is CCCCOCCn1cc(CC(N)CC)c2cccnc21. The van der Waals surface area contributed by atoms with Crippen LogP contribution in [-0.2, 0) is 17.7 Å². The van der Waals surface area contributed by atoms with Gasteiger partial charge in [0.15, 0.2) is 0 Å². The van der Waals surface area contributed by atoms with Crippen molar-refractivity contribution in [3.8, 4) is 0 Å².